The molecule has 1 atom stereocenters. The molecule has 38 heavy (non-hydrogen) atoms. The van der Waals surface area contributed by atoms with E-state index < -0.39 is 6.04 Å². The molecular weight excluding hydrogens is 519 g/mol. The lowest BCUT2D eigenvalue weighted by Gasteiger charge is -2.33. The molecule has 7 heteroatoms. The summed E-state index contributed by atoms with van der Waals surface area (Å²) in [4.78, 5) is 29.2. The van der Waals surface area contributed by atoms with E-state index in [1.165, 1.54) is 24.2 Å². The van der Waals surface area contributed by atoms with Crippen molar-refractivity contribution in [3.8, 4) is 0 Å². The van der Waals surface area contributed by atoms with Crippen LogP contribution in [0.3, 0.4) is 0 Å². The number of benzene rings is 3. The predicted octanol–water partition coefficient (Wildman–Crippen LogP) is 6.80. The molecule has 0 aliphatic heterocycles. The third-order valence-corrected chi connectivity index (χ3v) is 8.30. The summed E-state index contributed by atoms with van der Waals surface area (Å²) < 4.78 is 14.1. The number of nitrogens with zero attached hydrogens (tertiary/aromatic N) is 1. The minimum absolute atomic E-state index is 0.126. The van der Waals surface area contributed by atoms with Crippen molar-refractivity contribution in [3.63, 3.8) is 0 Å². The fourth-order valence-electron chi connectivity index (χ4n) is 4.86. The van der Waals surface area contributed by atoms with Crippen LogP contribution in [-0.4, -0.2) is 34.6 Å². The first-order valence-electron chi connectivity index (χ1n) is 13.2. The number of carbonyl (C=O) groups is 2. The molecule has 200 valence electrons. The van der Waals surface area contributed by atoms with Crippen LogP contribution < -0.4 is 5.32 Å². The average molecular weight is 553 g/mol. The molecule has 1 aliphatic carbocycles. The van der Waals surface area contributed by atoms with Crippen LogP contribution in [0, 0.1) is 5.82 Å². The fourth-order valence-corrected chi connectivity index (χ4v) is 5.95. The number of amides is 2. The van der Waals surface area contributed by atoms with Gasteiger partial charge in [-0.1, -0.05) is 97.6 Å². The molecule has 3 aromatic carbocycles. The molecule has 0 saturated heterocycles. The van der Waals surface area contributed by atoms with Crippen LogP contribution in [0.15, 0.2) is 78.9 Å². The second-order valence-electron chi connectivity index (χ2n) is 9.75. The second kappa shape index (κ2) is 14.4. The van der Waals surface area contributed by atoms with Gasteiger partial charge in [0.25, 0.3) is 0 Å². The van der Waals surface area contributed by atoms with Gasteiger partial charge < -0.3 is 10.2 Å². The van der Waals surface area contributed by atoms with E-state index in [9.17, 15) is 14.0 Å². The zero-order chi connectivity index (χ0) is 26.7. The fraction of sp³-hybridized carbons (Fsp3) is 0.355. The predicted molar refractivity (Wildman–Crippen MR) is 154 cm³/mol. The van der Waals surface area contributed by atoms with Crippen molar-refractivity contribution in [2.75, 3.05) is 5.75 Å². The first-order valence-corrected chi connectivity index (χ1v) is 14.7. The maximum atomic E-state index is 14.1. The number of hydrogen-bond donors (Lipinski definition) is 1. The zero-order valence-corrected chi connectivity index (χ0v) is 23.0. The van der Waals surface area contributed by atoms with Crippen molar-refractivity contribution in [3.05, 3.63) is 106 Å². The molecule has 0 heterocycles. The summed E-state index contributed by atoms with van der Waals surface area (Å²) in [6.45, 7) is 0.217. The van der Waals surface area contributed by atoms with E-state index >= 15 is 0 Å². The van der Waals surface area contributed by atoms with Crippen molar-refractivity contribution in [1.29, 1.82) is 0 Å². The lowest BCUT2D eigenvalue weighted by atomic mass is 9.94. The molecule has 0 spiro atoms. The highest BCUT2D eigenvalue weighted by Gasteiger charge is 2.32. The maximum Gasteiger partial charge on any atom is 0.243 e. The Morgan fingerprint density at radius 1 is 0.921 bits per heavy atom. The summed E-state index contributed by atoms with van der Waals surface area (Å²) in [5.41, 5.74) is 2.32. The summed E-state index contributed by atoms with van der Waals surface area (Å²) in [7, 11) is 0. The van der Waals surface area contributed by atoms with Crippen LogP contribution in [-0.2, 0) is 28.3 Å². The highest BCUT2D eigenvalue weighted by Crippen LogP contribution is 2.24. The Morgan fingerprint density at radius 3 is 2.29 bits per heavy atom. The van der Waals surface area contributed by atoms with Gasteiger partial charge in [0.2, 0.25) is 11.8 Å². The summed E-state index contributed by atoms with van der Waals surface area (Å²) in [6.07, 6.45) is 5.71. The van der Waals surface area contributed by atoms with Gasteiger partial charge in [0.15, 0.2) is 0 Å². The van der Waals surface area contributed by atoms with E-state index in [0.717, 1.165) is 36.8 Å². The number of nitrogens with one attached hydrogen (secondary N) is 1. The van der Waals surface area contributed by atoms with E-state index in [1.54, 1.807) is 29.2 Å². The lowest BCUT2D eigenvalue weighted by Crippen LogP contribution is -2.53. The standard InChI is InChI=1S/C31H34ClFN2O2S/c32-27-17-9-7-13-24(27)20-35(30(36)22-38-21-25-14-8-10-18-28(25)33)29(19-23-11-3-1-4-12-23)31(37)34-26-15-5-2-6-16-26/h1,3-4,7-14,17-18,26,29H,2,5-6,15-16,19-22H2,(H,34,37)/t29-/m0/s1. The summed E-state index contributed by atoms with van der Waals surface area (Å²) in [5.74, 6) is -0.100. The topological polar surface area (TPSA) is 49.4 Å². The molecule has 4 nitrogen and oxygen atoms in total. The van der Waals surface area contributed by atoms with E-state index in [1.807, 2.05) is 48.5 Å². The summed E-state index contributed by atoms with van der Waals surface area (Å²) in [6, 6.07) is 23.2. The van der Waals surface area contributed by atoms with Gasteiger partial charge in [-0.05, 0) is 41.7 Å². The van der Waals surface area contributed by atoms with Gasteiger partial charge in [-0.3, -0.25) is 9.59 Å². The van der Waals surface area contributed by atoms with Crippen LogP contribution in [0.4, 0.5) is 4.39 Å². The molecule has 0 bridgehead atoms. The lowest BCUT2D eigenvalue weighted by molar-refractivity contribution is -0.139. The van der Waals surface area contributed by atoms with Gasteiger partial charge >= 0.3 is 0 Å². The number of thioether (sulfide) groups is 1. The first kappa shape index (κ1) is 28.2. The molecular formula is C31H34ClFN2O2S. The van der Waals surface area contributed by atoms with Crippen LogP contribution >= 0.6 is 23.4 Å². The normalized spacial score (nSPS) is 14.6. The molecule has 1 N–H and O–H groups in total. The Morgan fingerprint density at radius 2 is 1.58 bits per heavy atom. The van der Waals surface area contributed by atoms with Crippen molar-refractivity contribution in [2.45, 2.75) is 62.9 Å². The molecule has 1 aliphatic rings. The smallest absolute Gasteiger partial charge is 0.243 e. The van der Waals surface area contributed by atoms with Gasteiger partial charge in [-0.15, -0.1) is 11.8 Å². The number of carbonyl (C=O) groups excluding carboxylic acids is 2. The molecule has 1 fully saturated rings. The Hall–Kier alpha value is -2.83. The Balaban J connectivity index is 1.58. The molecule has 0 aromatic heterocycles. The minimum atomic E-state index is -0.697. The average Bonchev–Trinajstić information content (AvgIpc) is 2.93. The molecule has 0 radical (unpaired) electrons. The van der Waals surface area contributed by atoms with E-state index in [-0.39, 0.29) is 36.0 Å². The van der Waals surface area contributed by atoms with Crippen LogP contribution in [0.5, 0.6) is 0 Å². The van der Waals surface area contributed by atoms with Gasteiger partial charge in [-0.2, -0.15) is 0 Å². The number of rotatable bonds is 11. The largest absolute Gasteiger partial charge is 0.352 e. The van der Waals surface area contributed by atoms with Crippen LogP contribution in [0.25, 0.3) is 0 Å². The third kappa shape index (κ3) is 8.08. The van der Waals surface area contributed by atoms with Crippen molar-refractivity contribution >= 4 is 35.2 Å². The molecule has 0 unspecified atom stereocenters. The van der Waals surface area contributed by atoms with Gasteiger partial charge in [0.1, 0.15) is 11.9 Å². The molecule has 1 saturated carbocycles. The highest BCUT2D eigenvalue weighted by molar-refractivity contribution is 7.99. The Bertz CT molecular complexity index is 1200. The third-order valence-electron chi connectivity index (χ3n) is 6.96. The Kier molecular flexibility index (Phi) is 10.6. The molecule has 4 rings (SSSR count). The van der Waals surface area contributed by atoms with E-state index in [4.69, 9.17) is 11.6 Å². The minimum Gasteiger partial charge on any atom is -0.352 e. The second-order valence-corrected chi connectivity index (χ2v) is 11.1. The van der Waals surface area contributed by atoms with Gasteiger partial charge in [-0.25, -0.2) is 4.39 Å². The van der Waals surface area contributed by atoms with Crippen molar-refractivity contribution in [2.24, 2.45) is 0 Å². The summed E-state index contributed by atoms with van der Waals surface area (Å²) >= 11 is 7.84. The SMILES string of the molecule is O=C(NC1CCCCC1)[C@H](Cc1ccccc1)N(Cc1ccccc1Cl)C(=O)CSCc1ccccc1F. The van der Waals surface area contributed by atoms with Crippen molar-refractivity contribution in [1.82, 2.24) is 10.2 Å². The molecule has 2 amide bonds. The summed E-state index contributed by atoms with van der Waals surface area (Å²) in [5, 5.41) is 3.79. The van der Waals surface area contributed by atoms with Crippen LogP contribution in [0.2, 0.25) is 5.02 Å². The van der Waals surface area contributed by atoms with Gasteiger partial charge in [0.05, 0.1) is 5.75 Å². The van der Waals surface area contributed by atoms with E-state index in [2.05, 4.69) is 5.32 Å². The quantitative estimate of drug-likeness (QED) is 0.284. The number of halogens is 2. The van der Waals surface area contributed by atoms with Crippen LogP contribution in [0.1, 0.15) is 48.8 Å². The monoisotopic (exact) mass is 552 g/mol. The first-order chi connectivity index (χ1) is 18.5. The highest BCUT2D eigenvalue weighted by atomic mass is 35.5. The molecule has 3 aromatic rings. The van der Waals surface area contributed by atoms with Gasteiger partial charge in [0, 0.05) is 29.8 Å². The van der Waals surface area contributed by atoms with Crippen molar-refractivity contribution < 1.29 is 14.0 Å². The van der Waals surface area contributed by atoms with E-state index in [0.29, 0.717) is 22.8 Å². The zero-order valence-electron chi connectivity index (χ0n) is 21.5. The number of hydrogen-bond acceptors (Lipinski definition) is 3. The maximum absolute atomic E-state index is 14.1. The Labute approximate surface area is 234 Å².